The van der Waals surface area contributed by atoms with Gasteiger partial charge in [-0.05, 0) is 26.7 Å². The van der Waals surface area contributed by atoms with Crippen molar-refractivity contribution in [3.63, 3.8) is 0 Å². The first-order valence-electron chi connectivity index (χ1n) is 6.37. The standard InChI is InChI=1S/C13H24N2OS/c1-12(2)6-7-17-11(15-12)14-9-8-10(16-5)13(9,3)4/h9-10H,6-8H2,1-5H3,(H,14,15). The van der Waals surface area contributed by atoms with Crippen molar-refractivity contribution in [1.29, 1.82) is 0 Å². The Morgan fingerprint density at radius 3 is 2.59 bits per heavy atom. The van der Waals surface area contributed by atoms with Crippen LogP contribution in [0.15, 0.2) is 4.99 Å². The molecule has 2 aliphatic rings. The van der Waals surface area contributed by atoms with Crippen LogP contribution in [0.1, 0.15) is 40.5 Å². The van der Waals surface area contributed by atoms with Crippen LogP contribution in [0.25, 0.3) is 0 Å². The van der Waals surface area contributed by atoms with Crippen LogP contribution in [-0.4, -0.2) is 35.7 Å². The van der Waals surface area contributed by atoms with Crippen LogP contribution >= 0.6 is 11.8 Å². The molecule has 0 spiro atoms. The van der Waals surface area contributed by atoms with E-state index in [0.717, 1.165) is 11.6 Å². The SMILES string of the molecule is COC1CC(N=C2NC(C)(C)CCS2)C1(C)C. The van der Waals surface area contributed by atoms with E-state index in [4.69, 9.17) is 9.73 Å². The molecule has 1 N–H and O–H groups in total. The van der Waals surface area contributed by atoms with Gasteiger partial charge in [0.2, 0.25) is 0 Å². The predicted molar refractivity (Wildman–Crippen MR) is 74.7 cm³/mol. The minimum Gasteiger partial charge on any atom is -0.381 e. The highest BCUT2D eigenvalue weighted by atomic mass is 32.2. The van der Waals surface area contributed by atoms with Gasteiger partial charge in [-0.15, -0.1) is 0 Å². The van der Waals surface area contributed by atoms with E-state index in [9.17, 15) is 0 Å². The van der Waals surface area contributed by atoms with E-state index in [1.807, 2.05) is 11.8 Å². The van der Waals surface area contributed by atoms with E-state index in [-0.39, 0.29) is 11.0 Å². The Hall–Kier alpha value is -0.220. The third-order valence-corrected chi connectivity index (χ3v) is 4.98. The van der Waals surface area contributed by atoms with Crippen LogP contribution in [0, 0.1) is 5.41 Å². The van der Waals surface area contributed by atoms with Crippen molar-refractivity contribution in [3.05, 3.63) is 0 Å². The Bertz CT molecular complexity index is 325. The Kier molecular flexibility index (Phi) is 3.47. The molecule has 1 aliphatic carbocycles. The molecule has 2 unspecified atom stereocenters. The van der Waals surface area contributed by atoms with Crippen molar-refractivity contribution in [3.8, 4) is 0 Å². The molecular formula is C13H24N2OS. The summed E-state index contributed by atoms with van der Waals surface area (Å²) in [6, 6.07) is 0.399. The highest BCUT2D eigenvalue weighted by Gasteiger charge is 2.49. The van der Waals surface area contributed by atoms with Crippen LogP contribution in [0.2, 0.25) is 0 Å². The molecule has 0 radical (unpaired) electrons. The van der Waals surface area contributed by atoms with Crippen LogP contribution in [0.4, 0.5) is 0 Å². The number of aliphatic imine (C=N–C) groups is 1. The fourth-order valence-electron chi connectivity index (χ4n) is 2.49. The zero-order valence-electron chi connectivity index (χ0n) is 11.5. The van der Waals surface area contributed by atoms with Gasteiger partial charge < -0.3 is 10.1 Å². The van der Waals surface area contributed by atoms with E-state index >= 15 is 0 Å². The van der Waals surface area contributed by atoms with E-state index in [0.29, 0.717) is 12.1 Å². The summed E-state index contributed by atoms with van der Waals surface area (Å²) in [5.74, 6) is 1.17. The molecular weight excluding hydrogens is 232 g/mol. The van der Waals surface area contributed by atoms with Crippen molar-refractivity contribution in [1.82, 2.24) is 5.32 Å². The Morgan fingerprint density at radius 1 is 1.35 bits per heavy atom. The average Bonchev–Trinajstić information content (AvgIpc) is 2.22. The van der Waals surface area contributed by atoms with Gasteiger partial charge in [-0.3, -0.25) is 4.99 Å². The lowest BCUT2D eigenvalue weighted by molar-refractivity contribution is -0.0850. The second-order valence-electron chi connectivity index (χ2n) is 6.34. The monoisotopic (exact) mass is 256 g/mol. The summed E-state index contributed by atoms with van der Waals surface area (Å²) < 4.78 is 5.47. The van der Waals surface area contributed by atoms with Gasteiger partial charge in [0, 0.05) is 23.8 Å². The van der Waals surface area contributed by atoms with Gasteiger partial charge in [0.1, 0.15) is 0 Å². The molecule has 4 heteroatoms. The normalized spacial score (nSPS) is 37.4. The third kappa shape index (κ3) is 2.63. The topological polar surface area (TPSA) is 33.6 Å². The summed E-state index contributed by atoms with van der Waals surface area (Å²) in [6.45, 7) is 8.98. The van der Waals surface area contributed by atoms with E-state index in [1.54, 1.807) is 7.11 Å². The number of methoxy groups -OCH3 is 1. The summed E-state index contributed by atoms with van der Waals surface area (Å²) in [4.78, 5) is 4.88. The number of hydrogen-bond acceptors (Lipinski definition) is 3. The van der Waals surface area contributed by atoms with Crippen LogP contribution < -0.4 is 5.32 Å². The summed E-state index contributed by atoms with van der Waals surface area (Å²) in [7, 11) is 1.80. The maximum Gasteiger partial charge on any atom is 0.157 e. The number of thioether (sulfide) groups is 1. The minimum atomic E-state index is 0.172. The molecule has 2 atom stereocenters. The lowest BCUT2D eigenvalue weighted by Crippen LogP contribution is -2.55. The molecule has 1 heterocycles. The molecule has 1 saturated heterocycles. The smallest absolute Gasteiger partial charge is 0.157 e. The average molecular weight is 256 g/mol. The number of amidine groups is 1. The van der Waals surface area contributed by atoms with Crippen molar-refractivity contribution in [2.45, 2.75) is 58.2 Å². The number of nitrogens with zero attached hydrogens (tertiary/aromatic N) is 1. The molecule has 2 rings (SSSR count). The molecule has 0 amide bonds. The molecule has 0 bridgehead atoms. The summed E-state index contributed by atoms with van der Waals surface area (Å²) in [6.07, 6.45) is 2.61. The first-order valence-corrected chi connectivity index (χ1v) is 7.35. The lowest BCUT2D eigenvalue weighted by atomic mass is 9.65. The Balaban J connectivity index is 2.01. The van der Waals surface area contributed by atoms with Gasteiger partial charge in [0.05, 0.1) is 12.1 Å². The number of ether oxygens (including phenoxy) is 1. The van der Waals surface area contributed by atoms with E-state index in [1.165, 1.54) is 12.2 Å². The number of rotatable bonds is 2. The summed E-state index contributed by atoms with van der Waals surface area (Å²) in [5, 5.41) is 4.65. The first kappa shape index (κ1) is 13.2. The fraction of sp³-hybridized carbons (Fsp3) is 0.923. The Labute approximate surface area is 109 Å². The molecule has 3 nitrogen and oxygen atoms in total. The molecule has 0 aromatic heterocycles. The van der Waals surface area contributed by atoms with E-state index in [2.05, 4.69) is 33.0 Å². The first-order chi connectivity index (χ1) is 7.85. The van der Waals surface area contributed by atoms with Crippen LogP contribution in [0.3, 0.4) is 0 Å². The zero-order valence-corrected chi connectivity index (χ0v) is 12.4. The largest absolute Gasteiger partial charge is 0.381 e. The van der Waals surface area contributed by atoms with Gasteiger partial charge in [0.15, 0.2) is 5.17 Å². The third-order valence-electron chi connectivity index (χ3n) is 4.09. The molecule has 2 fully saturated rings. The van der Waals surface area contributed by atoms with Crippen molar-refractivity contribution >= 4 is 16.9 Å². The van der Waals surface area contributed by atoms with Gasteiger partial charge in [0.25, 0.3) is 0 Å². The lowest BCUT2D eigenvalue weighted by Gasteiger charge is -2.49. The van der Waals surface area contributed by atoms with Crippen LogP contribution in [-0.2, 0) is 4.74 Å². The zero-order chi connectivity index (χ0) is 12.7. The van der Waals surface area contributed by atoms with E-state index < -0.39 is 0 Å². The second-order valence-corrected chi connectivity index (χ2v) is 7.42. The van der Waals surface area contributed by atoms with Crippen molar-refractivity contribution in [2.24, 2.45) is 10.4 Å². The highest BCUT2D eigenvalue weighted by molar-refractivity contribution is 8.13. The number of hydrogen-bond donors (Lipinski definition) is 1. The molecule has 0 aromatic carbocycles. The van der Waals surface area contributed by atoms with Gasteiger partial charge in [-0.2, -0.15) is 0 Å². The fourth-order valence-corrected chi connectivity index (χ4v) is 3.84. The Morgan fingerprint density at radius 2 is 2.06 bits per heavy atom. The number of nitrogens with one attached hydrogen (secondary N) is 1. The molecule has 0 aromatic rings. The quantitative estimate of drug-likeness (QED) is 0.824. The molecule has 1 saturated carbocycles. The van der Waals surface area contributed by atoms with Crippen molar-refractivity contribution < 1.29 is 4.74 Å². The van der Waals surface area contributed by atoms with Gasteiger partial charge in [-0.1, -0.05) is 25.6 Å². The summed E-state index contributed by atoms with van der Waals surface area (Å²) in [5.41, 5.74) is 0.365. The summed E-state index contributed by atoms with van der Waals surface area (Å²) >= 11 is 1.85. The highest BCUT2D eigenvalue weighted by Crippen LogP contribution is 2.45. The second kappa shape index (κ2) is 4.47. The van der Waals surface area contributed by atoms with Crippen LogP contribution in [0.5, 0.6) is 0 Å². The predicted octanol–water partition coefficient (Wildman–Crippen LogP) is 2.66. The van der Waals surface area contributed by atoms with Gasteiger partial charge in [-0.25, -0.2) is 0 Å². The minimum absolute atomic E-state index is 0.172. The van der Waals surface area contributed by atoms with Crippen molar-refractivity contribution in [2.75, 3.05) is 12.9 Å². The molecule has 1 aliphatic heterocycles. The van der Waals surface area contributed by atoms with Gasteiger partial charge >= 0.3 is 0 Å². The molecule has 17 heavy (non-hydrogen) atoms. The molecule has 98 valence electrons. The maximum atomic E-state index is 5.47. The maximum absolute atomic E-state index is 5.47.